The zero-order valence-electron chi connectivity index (χ0n) is 15.6. The van der Waals surface area contributed by atoms with Crippen LogP contribution in [-0.4, -0.2) is 71.8 Å². The highest BCUT2D eigenvalue weighted by atomic mass is 16.2. The van der Waals surface area contributed by atoms with Crippen LogP contribution in [0.15, 0.2) is 12.7 Å². The summed E-state index contributed by atoms with van der Waals surface area (Å²) >= 11 is 0. The first-order valence-electron chi connectivity index (χ1n) is 9.38. The smallest absolute Gasteiger partial charge is 0.239 e. The molecule has 2 atom stereocenters. The van der Waals surface area contributed by atoms with Gasteiger partial charge in [0.2, 0.25) is 11.8 Å². The standard InChI is InChI=1S/C19H33N3O2/c1-5-19(4,6-2)18(24)22-14-12-20(13-15-22)16(3)17(23)21-10-8-7-9-11-21/h5,16H,1,6-15H2,2-4H3. The van der Waals surface area contributed by atoms with Crippen molar-refractivity contribution in [2.75, 3.05) is 39.3 Å². The van der Waals surface area contributed by atoms with Crippen LogP contribution in [0.25, 0.3) is 0 Å². The average Bonchev–Trinajstić information content (AvgIpc) is 2.66. The molecule has 0 aromatic carbocycles. The van der Waals surface area contributed by atoms with Crippen molar-refractivity contribution in [1.82, 2.24) is 14.7 Å². The number of hydrogen-bond acceptors (Lipinski definition) is 3. The Hall–Kier alpha value is -1.36. The van der Waals surface area contributed by atoms with Crippen molar-refractivity contribution in [2.45, 2.75) is 52.5 Å². The molecule has 0 bridgehead atoms. The normalized spacial score (nSPS) is 23.5. The van der Waals surface area contributed by atoms with Gasteiger partial charge < -0.3 is 9.80 Å². The van der Waals surface area contributed by atoms with E-state index in [1.807, 2.05) is 30.6 Å². The molecule has 2 fully saturated rings. The molecule has 0 radical (unpaired) electrons. The lowest BCUT2D eigenvalue weighted by molar-refractivity contribution is -0.143. The summed E-state index contributed by atoms with van der Waals surface area (Å²) in [6.07, 6.45) is 6.01. The molecule has 0 aliphatic carbocycles. The average molecular weight is 335 g/mol. The van der Waals surface area contributed by atoms with Gasteiger partial charge in [0.15, 0.2) is 0 Å². The van der Waals surface area contributed by atoms with Gasteiger partial charge in [0.1, 0.15) is 0 Å². The van der Waals surface area contributed by atoms with E-state index in [2.05, 4.69) is 11.5 Å². The van der Waals surface area contributed by atoms with Crippen LogP contribution < -0.4 is 0 Å². The third-order valence-electron chi connectivity index (χ3n) is 5.85. The van der Waals surface area contributed by atoms with Crippen LogP contribution in [0.4, 0.5) is 0 Å². The number of piperidine rings is 1. The number of likely N-dealkylation sites (tertiary alicyclic amines) is 1. The van der Waals surface area contributed by atoms with Crippen molar-refractivity contribution >= 4 is 11.8 Å². The molecule has 5 heteroatoms. The Morgan fingerprint density at radius 3 is 2.12 bits per heavy atom. The summed E-state index contributed by atoms with van der Waals surface area (Å²) in [6.45, 7) is 14.5. The fourth-order valence-corrected chi connectivity index (χ4v) is 3.59. The molecule has 0 spiro atoms. The molecule has 136 valence electrons. The second-order valence-electron chi connectivity index (χ2n) is 7.37. The quantitative estimate of drug-likeness (QED) is 0.723. The summed E-state index contributed by atoms with van der Waals surface area (Å²) in [6, 6.07) is -0.0858. The highest BCUT2D eigenvalue weighted by Gasteiger charge is 2.35. The minimum atomic E-state index is -0.475. The monoisotopic (exact) mass is 335 g/mol. The molecule has 0 N–H and O–H groups in total. The van der Waals surface area contributed by atoms with E-state index in [0.29, 0.717) is 13.1 Å². The molecule has 24 heavy (non-hydrogen) atoms. The van der Waals surface area contributed by atoms with Crippen LogP contribution in [0.1, 0.15) is 46.5 Å². The fourth-order valence-electron chi connectivity index (χ4n) is 3.59. The number of piperazine rings is 1. The van der Waals surface area contributed by atoms with Crippen molar-refractivity contribution in [1.29, 1.82) is 0 Å². The minimum Gasteiger partial charge on any atom is -0.341 e. The number of carbonyl (C=O) groups excluding carboxylic acids is 2. The van der Waals surface area contributed by atoms with Gasteiger partial charge in [0.05, 0.1) is 11.5 Å². The SMILES string of the molecule is C=CC(C)(CC)C(=O)N1CCN(C(C)C(=O)N2CCCCC2)CC1. The van der Waals surface area contributed by atoms with E-state index in [1.54, 1.807) is 6.08 Å². The summed E-state index contributed by atoms with van der Waals surface area (Å²) in [5, 5.41) is 0. The summed E-state index contributed by atoms with van der Waals surface area (Å²) in [5.74, 6) is 0.411. The summed E-state index contributed by atoms with van der Waals surface area (Å²) in [7, 11) is 0. The highest BCUT2D eigenvalue weighted by molar-refractivity contribution is 5.84. The van der Waals surface area contributed by atoms with Gasteiger partial charge >= 0.3 is 0 Å². The number of hydrogen-bond donors (Lipinski definition) is 0. The Morgan fingerprint density at radius 1 is 1.04 bits per heavy atom. The Kier molecular flexibility index (Phi) is 6.44. The lowest BCUT2D eigenvalue weighted by Crippen LogP contribution is -2.57. The molecule has 2 amide bonds. The molecular weight excluding hydrogens is 302 g/mol. The molecular formula is C19H33N3O2. The van der Waals surface area contributed by atoms with Crippen molar-refractivity contribution in [2.24, 2.45) is 5.41 Å². The van der Waals surface area contributed by atoms with Gasteiger partial charge in [0.25, 0.3) is 0 Å². The first-order valence-corrected chi connectivity index (χ1v) is 9.38. The lowest BCUT2D eigenvalue weighted by Gasteiger charge is -2.41. The predicted octanol–water partition coefficient (Wildman–Crippen LogP) is 2.13. The molecule has 0 aromatic rings. The van der Waals surface area contributed by atoms with Gasteiger partial charge in [-0.2, -0.15) is 0 Å². The largest absolute Gasteiger partial charge is 0.341 e. The molecule has 2 unspecified atom stereocenters. The van der Waals surface area contributed by atoms with E-state index in [4.69, 9.17) is 0 Å². The van der Waals surface area contributed by atoms with Gasteiger partial charge in [-0.05, 0) is 39.5 Å². The number of rotatable bonds is 5. The van der Waals surface area contributed by atoms with Crippen molar-refractivity contribution < 1.29 is 9.59 Å². The maximum Gasteiger partial charge on any atom is 0.239 e. The van der Waals surface area contributed by atoms with Crippen molar-refractivity contribution in [3.05, 3.63) is 12.7 Å². The maximum atomic E-state index is 12.7. The van der Waals surface area contributed by atoms with E-state index in [-0.39, 0.29) is 17.9 Å². The zero-order valence-corrected chi connectivity index (χ0v) is 15.6. The Balaban J connectivity index is 1.88. The van der Waals surface area contributed by atoms with Gasteiger partial charge in [-0.15, -0.1) is 6.58 Å². The summed E-state index contributed by atoms with van der Waals surface area (Å²) in [4.78, 5) is 31.5. The first-order chi connectivity index (χ1) is 11.4. The van der Waals surface area contributed by atoms with E-state index < -0.39 is 5.41 Å². The third kappa shape index (κ3) is 4.00. The fraction of sp³-hybridized carbons (Fsp3) is 0.789. The molecule has 2 rings (SSSR count). The van der Waals surface area contributed by atoms with Crippen molar-refractivity contribution in [3.8, 4) is 0 Å². The summed E-state index contributed by atoms with van der Waals surface area (Å²) < 4.78 is 0. The van der Waals surface area contributed by atoms with Crippen LogP contribution in [0.5, 0.6) is 0 Å². The van der Waals surface area contributed by atoms with Gasteiger partial charge in [-0.1, -0.05) is 13.0 Å². The predicted molar refractivity (Wildman–Crippen MR) is 96.6 cm³/mol. The molecule has 2 heterocycles. The Morgan fingerprint density at radius 2 is 1.62 bits per heavy atom. The molecule has 0 saturated carbocycles. The zero-order chi connectivity index (χ0) is 17.7. The minimum absolute atomic E-state index is 0.0858. The van der Waals surface area contributed by atoms with Gasteiger partial charge in [-0.25, -0.2) is 0 Å². The Bertz CT molecular complexity index is 465. The van der Waals surface area contributed by atoms with Gasteiger partial charge in [-0.3, -0.25) is 14.5 Å². The van der Waals surface area contributed by atoms with Crippen LogP contribution >= 0.6 is 0 Å². The second-order valence-corrected chi connectivity index (χ2v) is 7.37. The first kappa shape index (κ1) is 19.0. The number of amides is 2. The van der Waals surface area contributed by atoms with Crippen LogP contribution in [0.3, 0.4) is 0 Å². The third-order valence-corrected chi connectivity index (χ3v) is 5.85. The second kappa shape index (κ2) is 8.15. The van der Waals surface area contributed by atoms with Crippen LogP contribution in [0.2, 0.25) is 0 Å². The summed E-state index contributed by atoms with van der Waals surface area (Å²) in [5.41, 5.74) is -0.475. The van der Waals surface area contributed by atoms with Crippen LogP contribution in [0, 0.1) is 5.41 Å². The topological polar surface area (TPSA) is 43.9 Å². The highest BCUT2D eigenvalue weighted by Crippen LogP contribution is 2.26. The molecule has 5 nitrogen and oxygen atoms in total. The van der Waals surface area contributed by atoms with E-state index in [0.717, 1.165) is 45.4 Å². The van der Waals surface area contributed by atoms with E-state index in [1.165, 1.54) is 6.42 Å². The van der Waals surface area contributed by atoms with Crippen molar-refractivity contribution in [3.63, 3.8) is 0 Å². The number of nitrogens with zero attached hydrogens (tertiary/aromatic N) is 3. The maximum absolute atomic E-state index is 12.7. The lowest BCUT2D eigenvalue weighted by atomic mass is 9.86. The molecule has 2 aliphatic heterocycles. The van der Waals surface area contributed by atoms with Gasteiger partial charge in [0, 0.05) is 39.3 Å². The van der Waals surface area contributed by atoms with E-state index >= 15 is 0 Å². The molecule has 2 aliphatic rings. The Labute approximate surface area is 146 Å². The molecule has 2 saturated heterocycles. The van der Waals surface area contributed by atoms with E-state index in [9.17, 15) is 9.59 Å². The van der Waals surface area contributed by atoms with Crippen LogP contribution in [-0.2, 0) is 9.59 Å². The number of carbonyl (C=O) groups is 2. The molecule has 0 aromatic heterocycles.